The number of amides is 2. The molecule has 1 saturated carbocycles. The van der Waals surface area contributed by atoms with Crippen LogP contribution in [-0.2, 0) is 16.1 Å². The minimum atomic E-state index is -0.0608. The highest BCUT2D eigenvalue weighted by atomic mass is 16.2. The molecule has 6 heteroatoms. The van der Waals surface area contributed by atoms with E-state index in [4.69, 9.17) is 0 Å². The first kappa shape index (κ1) is 19.4. The molecule has 0 bridgehead atoms. The van der Waals surface area contributed by atoms with E-state index in [0.717, 1.165) is 70.4 Å². The third kappa shape index (κ3) is 4.37. The molecule has 3 aliphatic rings. The van der Waals surface area contributed by atoms with Gasteiger partial charge in [-0.05, 0) is 57.2 Å². The molecule has 28 heavy (non-hydrogen) atoms. The normalized spacial score (nSPS) is 25.3. The van der Waals surface area contributed by atoms with Gasteiger partial charge in [-0.3, -0.25) is 19.5 Å². The van der Waals surface area contributed by atoms with Crippen LogP contribution in [0.2, 0.25) is 0 Å². The minimum Gasteiger partial charge on any atom is -0.350 e. The number of pyridine rings is 1. The Hall–Kier alpha value is -1.95. The molecular weight excluding hydrogens is 352 g/mol. The molecule has 0 aromatic carbocycles. The standard InChI is InChI=1S/C22H32N4O2/c1-22(9-10-22)21(28)25-13-7-19(8-14-25)26-12-4-5-17(16-26)20(27)24-15-18-6-2-3-11-23-18/h2-3,6,11,17,19H,4-5,7-10,12-16H2,1H3,(H,24,27)/t17-/m0/s1. The fourth-order valence-electron chi connectivity index (χ4n) is 4.59. The van der Waals surface area contributed by atoms with Crippen molar-refractivity contribution in [1.82, 2.24) is 20.1 Å². The first-order valence-corrected chi connectivity index (χ1v) is 10.8. The average Bonchev–Trinajstić information content (AvgIpc) is 3.51. The van der Waals surface area contributed by atoms with Gasteiger partial charge in [0.05, 0.1) is 18.2 Å². The summed E-state index contributed by atoms with van der Waals surface area (Å²) in [7, 11) is 0. The van der Waals surface area contributed by atoms with E-state index >= 15 is 0 Å². The second-order valence-electron chi connectivity index (χ2n) is 8.96. The zero-order valence-electron chi connectivity index (χ0n) is 16.9. The van der Waals surface area contributed by atoms with Crippen LogP contribution in [0.25, 0.3) is 0 Å². The van der Waals surface area contributed by atoms with Crippen molar-refractivity contribution in [3.8, 4) is 0 Å². The number of hydrogen-bond donors (Lipinski definition) is 1. The van der Waals surface area contributed by atoms with Crippen LogP contribution in [-0.4, -0.2) is 58.8 Å². The second kappa shape index (κ2) is 8.19. The van der Waals surface area contributed by atoms with Crippen LogP contribution in [0.3, 0.4) is 0 Å². The molecule has 4 rings (SSSR count). The van der Waals surface area contributed by atoms with E-state index in [-0.39, 0.29) is 17.2 Å². The van der Waals surface area contributed by atoms with Crippen molar-refractivity contribution < 1.29 is 9.59 Å². The summed E-state index contributed by atoms with van der Waals surface area (Å²) in [5.41, 5.74) is 0.833. The Morgan fingerprint density at radius 1 is 1.18 bits per heavy atom. The zero-order chi connectivity index (χ0) is 19.6. The lowest BCUT2D eigenvalue weighted by molar-refractivity contribution is -0.138. The number of carbonyl (C=O) groups is 2. The lowest BCUT2D eigenvalue weighted by Gasteiger charge is -2.42. The summed E-state index contributed by atoms with van der Waals surface area (Å²) in [5.74, 6) is 0.559. The molecule has 2 saturated heterocycles. The fraction of sp³-hybridized carbons (Fsp3) is 0.682. The highest BCUT2D eigenvalue weighted by molar-refractivity contribution is 5.85. The molecule has 2 amide bonds. The number of nitrogens with one attached hydrogen (secondary N) is 1. The van der Waals surface area contributed by atoms with Gasteiger partial charge in [0.2, 0.25) is 11.8 Å². The molecule has 6 nitrogen and oxygen atoms in total. The van der Waals surface area contributed by atoms with Crippen LogP contribution in [0.5, 0.6) is 0 Å². The second-order valence-corrected chi connectivity index (χ2v) is 8.96. The van der Waals surface area contributed by atoms with Gasteiger partial charge in [-0.2, -0.15) is 0 Å². The fourth-order valence-corrected chi connectivity index (χ4v) is 4.59. The molecule has 3 fully saturated rings. The molecule has 3 heterocycles. The van der Waals surface area contributed by atoms with E-state index in [1.807, 2.05) is 18.2 Å². The number of likely N-dealkylation sites (tertiary alicyclic amines) is 2. The van der Waals surface area contributed by atoms with Crippen LogP contribution in [0, 0.1) is 11.3 Å². The Morgan fingerprint density at radius 3 is 2.64 bits per heavy atom. The molecule has 1 aromatic rings. The predicted molar refractivity (Wildman–Crippen MR) is 107 cm³/mol. The zero-order valence-corrected chi connectivity index (χ0v) is 16.9. The SMILES string of the molecule is CC1(C(=O)N2CCC(N3CCC[C@H](C(=O)NCc4ccccn4)C3)CC2)CC1. The predicted octanol–water partition coefficient (Wildman–Crippen LogP) is 2.20. The Bertz CT molecular complexity index is 696. The van der Waals surface area contributed by atoms with E-state index in [1.165, 1.54) is 0 Å². The maximum Gasteiger partial charge on any atom is 0.228 e. The third-order valence-corrected chi connectivity index (χ3v) is 6.78. The Labute approximate surface area is 167 Å². The summed E-state index contributed by atoms with van der Waals surface area (Å²) >= 11 is 0. The molecule has 0 spiro atoms. The van der Waals surface area contributed by atoms with Crippen LogP contribution < -0.4 is 5.32 Å². The van der Waals surface area contributed by atoms with Crippen LogP contribution in [0.4, 0.5) is 0 Å². The van der Waals surface area contributed by atoms with Gasteiger partial charge >= 0.3 is 0 Å². The Balaban J connectivity index is 1.25. The van der Waals surface area contributed by atoms with E-state index in [0.29, 0.717) is 18.5 Å². The number of nitrogens with zero attached hydrogens (tertiary/aromatic N) is 3. The number of rotatable bonds is 5. The van der Waals surface area contributed by atoms with E-state index < -0.39 is 0 Å². The quantitative estimate of drug-likeness (QED) is 0.845. The highest BCUT2D eigenvalue weighted by Gasteiger charge is 2.47. The first-order chi connectivity index (χ1) is 13.5. The van der Waals surface area contributed by atoms with Gasteiger partial charge in [0.25, 0.3) is 0 Å². The van der Waals surface area contributed by atoms with Gasteiger partial charge in [-0.25, -0.2) is 0 Å². The third-order valence-electron chi connectivity index (χ3n) is 6.78. The number of piperidine rings is 2. The molecule has 1 aliphatic carbocycles. The average molecular weight is 385 g/mol. The topological polar surface area (TPSA) is 65.5 Å². The van der Waals surface area contributed by atoms with Gasteiger partial charge in [-0.1, -0.05) is 13.0 Å². The van der Waals surface area contributed by atoms with E-state index in [9.17, 15) is 9.59 Å². The molecular formula is C22H32N4O2. The summed E-state index contributed by atoms with van der Waals surface area (Å²) in [6, 6.07) is 6.26. The lowest BCUT2D eigenvalue weighted by Crippen LogP contribution is -2.52. The van der Waals surface area contributed by atoms with Gasteiger partial charge in [0, 0.05) is 37.3 Å². The summed E-state index contributed by atoms with van der Waals surface area (Å²) in [6.45, 7) is 6.23. The maximum absolute atomic E-state index is 12.6. The smallest absolute Gasteiger partial charge is 0.228 e. The number of carbonyl (C=O) groups excluding carboxylic acids is 2. The highest BCUT2D eigenvalue weighted by Crippen LogP contribution is 2.46. The molecule has 152 valence electrons. The molecule has 1 N–H and O–H groups in total. The van der Waals surface area contributed by atoms with E-state index in [1.54, 1.807) is 6.20 Å². The van der Waals surface area contributed by atoms with Crippen molar-refractivity contribution in [2.45, 2.75) is 58.0 Å². The molecule has 1 aromatic heterocycles. The summed E-state index contributed by atoms with van der Waals surface area (Å²) in [6.07, 6.45) is 7.94. The molecule has 2 aliphatic heterocycles. The molecule has 0 radical (unpaired) electrons. The maximum atomic E-state index is 12.6. The van der Waals surface area contributed by atoms with Gasteiger partial charge in [0.1, 0.15) is 0 Å². The van der Waals surface area contributed by atoms with Crippen molar-refractivity contribution >= 4 is 11.8 Å². The van der Waals surface area contributed by atoms with Gasteiger partial charge in [-0.15, -0.1) is 0 Å². The van der Waals surface area contributed by atoms with Gasteiger partial charge in [0.15, 0.2) is 0 Å². The monoisotopic (exact) mass is 384 g/mol. The van der Waals surface area contributed by atoms with Crippen LogP contribution in [0.1, 0.15) is 51.1 Å². The summed E-state index contributed by atoms with van der Waals surface area (Å²) in [4.78, 5) is 34.0. The lowest BCUT2D eigenvalue weighted by atomic mass is 9.93. The van der Waals surface area contributed by atoms with E-state index in [2.05, 4.69) is 27.0 Å². The van der Waals surface area contributed by atoms with Crippen molar-refractivity contribution in [3.05, 3.63) is 30.1 Å². The Morgan fingerprint density at radius 2 is 1.96 bits per heavy atom. The van der Waals surface area contributed by atoms with Crippen LogP contribution in [0.15, 0.2) is 24.4 Å². The number of hydrogen-bond acceptors (Lipinski definition) is 4. The molecule has 0 unspecified atom stereocenters. The minimum absolute atomic E-state index is 0.0579. The van der Waals surface area contributed by atoms with Crippen LogP contribution >= 0.6 is 0 Å². The van der Waals surface area contributed by atoms with Gasteiger partial charge < -0.3 is 10.2 Å². The first-order valence-electron chi connectivity index (χ1n) is 10.8. The van der Waals surface area contributed by atoms with Crippen molar-refractivity contribution in [3.63, 3.8) is 0 Å². The van der Waals surface area contributed by atoms with Crippen molar-refractivity contribution in [2.75, 3.05) is 26.2 Å². The van der Waals surface area contributed by atoms with Crippen molar-refractivity contribution in [1.29, 1.82) is 0 Å². The number of aromatic nitrogens is 1. The van der Waals surface area contributed by atoms with Crippen molar-refractivity contribution in [2.24, 2.45) is 11.3 Å². The summed E-state index contributed by atoms with van der Waals surface area (Å²) < 4.78 is 0. The largest absolute Gasteiger partial charge is 0.350 e. The Kier molecular flexibility index (Phi) is 5.67. The summed E-state index contributed by atoms with van der Waals surface area (Å²) in [5, 5.41) is 3.06. The molecule has 1 atom stereocenters.